The molecule has 3 heterocycles. The summed E-state index contributed by atoms with van der Waals surface area (Å²) in [5.41, 5.74) is 5.50. The van der Waals surface area contributed by atoms with Crippen LogP contribution in [0, 0.1) is 13.8 Å². The molecule has 1 saturated heterocycles. The van der Waals surface area contributed by atoms with Crippen molar-refractivity contribution in [2.75, 3.05) is 7.11 Å². The van der Waals surface area contributed by atoms with Crippen molar-refractivity contribution in [2.24, 2.45) is 0 Å². The summed E-state index contributed by atoms with van der Waals surface area (Å²) < 4.78 is 7.92. The monoisotopic (exact) mass is 480 g/mol. The zero-order valence-electron chi connectivity index (χ0n) is 19.2. The Morgan fingerprint density at radius 1 is 1.12 bits per heavy atom. The maximum Gasteiger partial charge on any atom is 0.170 e. The first-order valence-electron chi connectivity index (χ1n) is 11.5. The maximum absolute atomic E-state index is 6.38. The zero-order chi connectivity index (χ0) is 23.1. The summed E-state index contributed by atoms with van der Waals surface area (Å²) >= 11 is 12.3. The fourth-order valence-electron chi connectivity index (χ4n) is 5.57. The number of aromatic nitrogens is 2. The number of pyridine rings is 1. The third kappa shape index (κ3) is 3.89. The number of ether oxygens (including phenoxy) is 1. The van der Waals surface area contributed by atoms with E-state index in [-0.39, 0.29) is 12.1 Å². The Morgan fingerprint density at radius 3 is 2.61 bits per heavy atom. The third-order valence-electron chi connectivity index (χ3n) is 7.02. The first-order valence-corrected chi connectivity index (χ1v) is 12.3. The van der Waals surface area contributed by atoms with Crippen LogP contribution in [0.1, 0.15) is 60.4 Å². The van der Waals surface area contributed by atoms with Crippen LogP contribution >= 0.6 is 23.8 Å². The molecule has 3 aromatic rings. The number of halogens is 1. The molecule has 5 rings (SSSR count). The van der Waals surface area contributed by atoms with Crippen molar-refractivity contribution < 1.29 is 4.74 Å². The van der Waals surface area contributed by atoms with Crippen LogP contribution in [0.4, 0.5) is 0 Å². The molecule has 1 aromatic carbocycles. The lowest BCUT2D eigenvalue weighted by Gasteiger charge is -2.33. The van der Waals surface area contributed by atoms with Gasteiger partial charge in [0, 0.05) is 28.6 Å². The van der Waals surface area contributed by atoms with E-state index < -0.39 is 0 Å². The Morgan fingerprint density at radius 2 is 1.91 bits per heavy atom. The van der Waals surface area contributed by atoms with Gasteiger partial charge in [-0.2, -0.15) is 0 Å². The van der Waals surface area contributed by atoms with Crippen LogP contribution in [0.5, 0.6) is 5.75 Å². The average Bonchev–Trinajstić information content (AvgIpc) is 3.52. The van der Waals surface area contributed by atoms with Gasteiger partial charge in [-0.3, -0.25) is 4.98 Å². The van der Waals surface area contributed by atoms with Crippen molar-refractivity contribution in [1.82, 2.24) is 19.8 Å². The van der Waals surface area contributed by atoms with E-state index >= 15 is 0 Å². The van der Waals surface area contributed by atoms with Crippen molar-refractivity contribution in [3.8, 4) is 11.4 Å². The van der Waals surface area contributed by atoms with Crippen LogP contribution < -0.4 is 10.1 Å². The molecule has 2 fully saturated rings. The van der Waals surface area contributed by atoms with Crippen LogP contribution in [0.25, 0.3) is 5.69 Å². The highest BCUT2D eigenvalue weighted by molar-refractivity contribution is 7.80. The summed E-state index contributed by atoms with van der Waals surface area (Å²) in [6, 6.07) is 14.6. The summed E-state index contributed by atoms with van der Waals surface area (Å²) in [5, 5.41) is 5.12. The van der Waals surface area contributed by atoms with Crippen molar-refractivity contribution in [2.45, 2.75) is 57.7 Å². The topological polar surface area (TPSA) is 42.3 Å². The van der Waals surface area contributed by atoms with E-state index in [2.05, 4.69) is 40.8 Å². The van der Waals surface area contributed by atoms with E-state index in [0.29, 0.717) is 11.1 Å². The van der Waals surface area contributed by atoms with E-state index in [9.17, 15) is 0 Å². The van der Waals surface area contributed by atoms with Crippen LogP contribution in [-0.4, -0.2) is 32.7 Å². The number of thiocarbonyl (C=S) groups is 1. The van der Waals surface area contributed by atoms with Crippen molar-refractivity contribution >= 4 is 28.9 Å². The molecule has 1 aliphatic carbocycles. The van der Waals surface area contributed by atoms with E-state index in [0.717, 1.165) is 33.6 Å². The van der Waals surface area contributed by atoms with Gasteiger partial charge >= 0.3 is 0 Å². The zero-order valence-corrected chi connectivity index (χ0v) is 20.8. The van der Waals surface area contributed by atoms with E-state index in [4.69, 9.17) is 33.5 Å². The number of methoxy groups -OCH3 is 1. The Labute approximate surface area is 205 Å². The number of rotatable bonds is 5. The SMILES string of the molecule is COc1ccc(Cl)cc1-n1c(C)cc([C@H]2[C@@H](c3ccccn3)NC(=S)N2C2CCCC2)c1C. The normalized spacial score (nSPS) is 21.0. The van der Waals surface area contributed by atoms with Crippen molar-refractivity contribution in [3.05, 3.63) is 76.3 Å². The number of hydrogen-bond donors (Lipinski definition) is 1. The molecule has 7 heteroatoms. The molecule has 1 aliphatic heterocycles. The fourth-order valence-corrected chi connectivity index (χ4v) is 6.13. The average molecular weight is 481 g/mol. The molecule has 2 atom stereocenters. The number of benzene rings is 1. The second-order valence-electron chi connectivity index (χ2n) is 8.95. The van der Waals surface area contributed by atoms with E-state index in [1.54, 1.807) is 7.11 Å². The van der Waals surface area contributed by atoms with Crippen molar-refractivity contribution in [1.29, 1.82) is 0 Å². The molecule has 172 valence electrons. The van der Waals surface area contributed by atoms with E-state index in [1.807, 2.05) is 36.5 Å². The highest BCUT2D eigenvalue weighted by atomic mass is 35.5. The standard InChI is InChI=1S/C26H29ClN4OS/c1-16-14-20(17(2)30(16)22-15-18(27)11-12-23(22)32-3)25-24(21-10-6-7-13-28-21)29-26(33)31(25)19-8-4-5-9-19/h6-7,10-15,19,24-25H,4-5,8-9H2,1-3H3,(H,29,33)/t24-,25+/m1/s1. The molecule has 0 radical (unpaired) electrons. The summed E-state index contributed by atoms with van der Waals surface area (Å²) in [7, 11) is 1.69. The van der Waals surface area contributed by atoms with Gasteiger partial charge in [0.25, 0.3) is 0 Å². The predicted molar refractivity (Wildman–Crippen MR) is 136 cm³/mol. The lowest BCUT2D eigenvalue weighted by atomic mass is 9.95. The lowest BCUT2D eigenvalue weighted by molar-refractivity contribution is 0.245. The van der Waals surface area contributed by atoms with Gasteiger partial charge in [-0.05, 0) is 80.9 Å². The van der Waals surface area contributed by atoms with Crippen LogP contribution in [0.15, 0.2) is 48.7 Å². The molecular weight excluding hydrogens is 452 g/mol. The number of aryl methyl sites for hydroxylation is 1. The molecular formula is C26H29ClN4OS. The Bertz CT molecular complexity index is 1170. The highest BCUT2D eigenvalue weighted by Gasteiger charge is 2.44. The minimum absolute atomic E-state index is 0.00509. The lowest BCUT2D eigenvalue weighted by Crippen LogP contribution is -2.37. The molecule has 0 unspecified atom stereocenters. The molecule has 2 aliphatic rings. The van der Waals surface area contributed by atoms with Gasteiger partial charge in [0.1, 0.15) is 5.75 Å². The fraction of sp³-hybridized carbons (Fsp3) is 0.385. The first kappa shape index (κ1) is 22.2. The smallest absolute Gasteiger partial charge is 0.170 e. The Balaban J connectivity index is 1.66. The van der Waals surface area contributed by atoms with Gasteiger partial charge in [0.05, 0.1) is 30.6 Å². The molecule has 1 N–H and O–H groups in total. The van der Waals surface area contributed by atoms with E-state index in [1.165, 1.54) is 31.2 Å². The van der Waals surface area contributed by atoms with Crippen molar-refractivity contribution in [3.63, 3.8) is 0 Å². The Hall–Kier alpha value is -2.57. The van der Waals surface area contributed by atoms with Gasteiger partial charge in [-0.25, -0.2) is 0 Å². The minimum atomic E-state index is -0.00509. The molecule has 0 amide bonds. The van der Waals surface area contributed by atoms with Gasteiger partial charge in [-0.1, -0.05) is 30.5 Å². The molecule has 0 bridgehead atoms. The van der Waals surface area contributed by atoms with Gasteiger partial charge in [0.15, 0.2) is 5.11 Å². The third-order valence-corrected chi connectivity index (χ3v) is 7.59. The number of hydrogen-bond acceptors (Lipinski definition) is 3. The first-order chi connectivity index (χ1) is 16.0. The highest BCUT2D eigenvalue weighted by Crippen LogP contribution is 2.45. The summed E-state index contributed by atoms with van der Waals surface area (Å²) in [4.78, 5) is 7.14. The summed E-state index contributed by atoms with van der Waals surface area (Å²) in [6.45, 7) is 4.31. The van der Waals surface area contributed by atoms with Gasteiger partial charge in [0.2, 0.25) is 0 Å². The molecule has 33 heavy (non-hydrogen) atoms. The minimum Gasteiger partial charge on any atom is -0.495 e. The second kappa shape index (κ2) is 8.99. The number of nitrogens with zero attached hydrogens (tertiary/aromatic N) is 3. The summed E-state index contributed by atoms with van der Waals surface area (Å²) in [6.07, 6.45) is 6.71. The number of nitrogens with one attached hydrogen (secondary N) is 1. The van der Waals surface area contributed by atoms with Crippen LogP contribution in [0.3, 0.4) is 0 Å². The van der Waals surface area contributed by atoms with Gasteiger partial charge < -0.3 is 19.5 Å². The van der Waals surface area contributed by atoms with Gasteiger partial charge in [-0.15, -0.1) is 0 Å². The van der Waals surface area contributed by atoms with Crippen LogP contribution in [0.2, 0.25) is 5.02 Å². The summed E-state index contributed by atoms with van der Waals surface area (Å²) in [5.74, 6) is 0.793. The molecule has 1 saturated carbocycles. The Kier molecular flexibility index (Phi) is 6.06. The molecule has 5 nitrogen and oxygen atoms in total. The maximum atomic E-state index is 6.38. The predicted octanol–water partition coefficient (Wildman–Crippen LogP) is 6.07. The van der Waals surface area contributed by atoms with Crippen LogP contribution in [-0.2, 0) is 0 Å². The molecule has 0 spiro atoms. The quantitative estimate of drug-likeness (QED) is 0.449. The largest absolute Gasteiger partial charge is 0.495 e. The molecule has 2 aromatic heterocycles. The second-order valence-corrected chi connectivity index (χ2v) is 9.77.